The molecule has 0 aromatic heterocycles. The van der Waals surface area contributed by atoms with Crippen molar-refractivity contribution in [1.82, 2.24) is 4.31 Å². The molecule has 1 aromatic carbocycles. The molecule has 1 N–H and O–H groups in total. The lowest BCUT2D eigenvalue weighted by atomic mass is 10.1. The SMILES string of the molecule is Cc1cc(C)c(S(=O)(=O)N2CC(C)OC(C)C2)cc1CO. The first-order valence-corrected chi connectivity index (χ1v) is 8.56. The van der Waals surface area contributed by atoms with Gasteiger partial charge in [-0.1, -0.05) is 6.07 Å². The van der Waals surface area contributed by atoms with Crippen LogP contribution in [0.1, 0.15) is 30.5 Å². The number of nitrogens with zero attached hydrogens (tertiary/aromatic N) is 1. The van der Waals surface area contributed by atoms with Gasteiger partial charge < -0.3 is 9.84 Å². The first-order valence-electron chi connectivity index (χ1n) is 7.12. The molecule has 0 aliphatic carbocycles. The smallest absolute Gasteiger partial charge is 0.243 e. The molecule has 2 rings (SSSR count). The lowest BCUT2D eigenvalue weighted by molar-refractivity contribution is -0.0441. The van der Waals surface area contributed by atoms with E-state index in [0.29, 0.717) is 24.2 Å². The van der Waals surface area contributed by atoms with E-state index >= 15 is 0 Å². The number of aryl methyl sites for hydroxylation is 2. The van der Waals surface area contributed by atoms with Crippen molar-refractivity contribution < 1.29 is 18.3 Å². The second kappa shape index (κ2) is 6.04. The van der Waals surface area contributed by atoms with Crippen LogP contribution in [0.15, 0.2) is 17.0 Å². The van der Waals surface area contributed by atoms with Crippen LogP contribution in [0.3, 0.4) is 0 Å². The zero-order valence-electron chi connectivity index (χ0n) is 13.0. The first-order chi connectivity index (χ1) is 9.75. The van der Waals surface area contributed by atoms with Crippen LogP contribution in [0, 0.1) is 13.8 Å². The summed E-state index contributed by atoms with van der Waals surface area (Å²) in [6.07, 6.45) is -0.238. The van der Waals surface area contributed by atoms with Crippen molar-refractivity contribution in [3.63, 3.8) is 0 Å². The number of aliphatic hydroxyl groups excluding tert-OH is 1. The summed E-state index contributed by atoms with van der Waals surface area (Å²) < 4.78 is 32.8. The Hall–Kier alpha value is -0.950. The van der Waals surface area contributed by atoms with Crippen LogP contribution in [0.2, 0.25) is 0 Å². The predicted molar refractivity (Wildman–Crippen MR) is 80.6 cm³/mol. The van der Waals surface area contributed by atoms with Crippen LogP contribution < -0.4 is 0 Å². The van der Waals surface area contributed by atoms with E-state index < -0.39 is 10.0 Å². The minimum Gasteiger partial charge on any atom is -0.392 e. The maximum absolute atomic E-state index is 12.9. The molecule has 1 heterocycles. The molecule has 0 radical (unpaired) electrons. The van der Waals surface area contributed by atoms with Gasteiger partial charge in [0.05, 0.1) is 23.7 Å². The predicted octanol–water partition coefficient (Wildman–Crippen LogP) is 1.59. The summed E-state index contributed by atoms with van der Waals surface area (Å²) in [6.45, 7) is 7.95. The topological polar surface area (TPSA) is 66.8 Å². The Morgan fingerprint density at radius 3 is 2.29 bits per heavy atom. The maximum Gasteiger partial charge on any atom is 0.243 e. The van der Waals surface area contributed by atoms with Crippen molar-refractivity contribution in [2.45, 2.75) is 51.4 Å². The summed E-state index contributed by atoms with van der Waals surface area (Å²) in [7, 11) is -3.57. The minimum atomic E-state index is -3.57. The van der Waals surface area contributed by atoms with E-state index in [1.807, 2.05) is 26.8 Å². The Balaban J connectivity index is 2.44. The van der Waals surface area contributed by atoms with Gasteiger partial charge in [0.25, 0.3) is 0 Å². The summed E-state index contributed by atoms with van der Waals surface area (Å²) in [5.74, 6) is 0. The Morgan fingerprint density at radius 1 is 1.19 bits per heavy atom. The Bertz CT molecular complexity index is 617. The van der Waals surface area contributed by atoms with Crippen LogP contribution in [0.25, 0.3) is 0 Å². The van der Waals surface area contributed by atoms with Gasteiger partial charge in [-0.2, -0.15) is 4.31 Å². The van der Waals surface area contributed by atoms with Crippen LogP contribution in [0.4, 0.5) is 0 Å². The Labute approximate surface area is 126 Å². The number of ether oxygens (including phenoxy) is 1. The molecule has 118 valence electrons. The molecule has 1 fully saturated rings. The fourth-order valence-corrected chi connectivity index (χ4v) is 4.64. The molecule has 1 aliphatic rings. The van der Waals surface area contributed by atoms with E-state index in [1.165, 1.54) is 4.31 Å². The van der Waals surface area contributed by atoms with Crippen LogP contribution in [-0.2, 0) is 21.4 Å². The largest absolute Gasteiger partial charge is 0.392 e. The molecule has 1 aliphatic heterocycles. The average Bonchev–Trinajstić information content (AvgIpc) is 2.37. The van der Waals surface area contributed by atoms with Gasteiger partial charge in [0.15, 0.2) is 0 Å². The number of hydrogen-bond acceptors (Lipinski definition) is 4. The number of aliphatic hydroxyl groups is 1. The summed E-state index contributed by atoms with van der Waals surface area (Å²) in [4.78, 5) is 0.276. The standard InChI is InChI=1S/C15H23NO4S/c1-10-5-11(2)15(6-14(10)9-17)21(18,19)16-7-12(3)20-13(4)8-16/h5-6,12-13,17H,7-9H2,1-4H3. The molecule has 5 nitrogen and oxygen atoms in total. The fraction of sp³-hybridized carbons (Fsp3) is 0.600. The van der Waals surface area contributed by atoms with E-state index in [0.717, 1.165) is 5.56 Å². The second-order valence-corrected chi connectivity index (χ2v) is 7.69. The Morgan fingerprint density at radius 2 is 1.76 bits per heavy atom. The molecular formula is C15H23NO4S. The van der Waals surface area contributed by atoms with Crippen molar-refractivity contribution in [3.05, 3.63) is 28.8 Å². The number of benzene rings is 1. The van der Waals surface area contributed by atoms with Crippen molar-refractivity contribution in [2.24, 2.45) is 0 Å². The highest BCUT2D eigenvalue weighted by atomic mass is 32.2. The second-order valence-electron chi connectivity index (χ2n) is 5.78. The van der Waals surface area contributed by atoms with E-state index in [1.54, 1.807) is 13.0 Å². The van der Waals surface area contributed by atoms with Gasteiger partial charge in [0, 0.05) is 13.1 Å². The third kappa shape index (κ3) is 3.29. The van der Waals surface area contributed by atoms with Crippen LogP contribution in [-0.4, -0.2) is 43.1 Å². The molecule has 2 unspecified atom stereocenters. The van der Waals surface area contributed by atoms with Crippen LogP contribution >= 0.6 is 0 Å². The van der Waals surface area contributed by atoms with E-state index in [2.05, 4.69) is 0 Å². The molecule has 1 saturated heterocycles. The first kappa shape index (κ1) is 16.4. The molecule has 1 aromatic rings. The van der Waals surface area contributed by atoms with Gasteiger partial charge >= 0.3 is 0 Å². The van der Waals surface area contributed by atoms with Gasteiger partial charge in [-0.3, -0.25) is 0 Å². The number of rotatable bonds is 3. The summed E-state index contributed by atoms with van der Waals surface area (Å²) in [5.41, 5.74) is 2.25. The third-order valence-corrected chi connectivity index (χ3v) is 5.78. The van der Waals surface area contributed by atoms with E-state index in [4.69, 9.17) is 4.74 Å². The van der Waals surface area contributed by atoms with Gasteiger partial charge in [0.2, 0.25) is 10.0 Å². The highest BCUT2D eigenvalue weighted by molar-refractivity contribution is 7.89. The lowest BCUT2D eigenvalue weighted by Gasteiger charge is -2.34. The van der Waals surface area contributed by atoms with Crippen molar-refractivity contribution in [1.29, 1.82) is 0 Å². The number of hydrogen-bond donors (Lipinski definition) is 1. The monoisotopic (exact) mass is 313 g/mol. The molecule has 21 heavy (non-hydrogen) atoms. The van der Waals surface area contributed by atoms with Crippen molar-refractivity contribution >= 4 is 10.0 Å². The molecule has 0 bridgehead atoms. The maximum atomic E-state index is 12.9. The summed E-state index contributed by atoms with van der Waals surface area (Å²) in [6, 6.07) is 3.40. The quantitative estimate of drug-likeness (QED) is 0.920. The van der Waals surface area contributed by atoms with E-state index in [9.17, 15) is 13.5 Å². The molecule has 0 amide bonds. The van der Waals surface area contributed by atoms with Crippen LogP contribution in [0.5, 0.6) is 0 Å². The number of sulfonamides is 1. The van der Waals surface area contributed by atoms with Crippen molar-refractivity contribution in [3.8, 4) is 0 Å². The molecule has 6 heteroatoms. The molecule has 2 atom stereocenters. The van der Waals surface area contributed by atoms with Crippen molar-refractivity contribution in [2.75, 3.05) is 13.1 Å². The zero-order chi connectivity index (χ0) is 15.8. The van der Waals surface area contributed by atoms with Gasteiger partial charge in [-0.15, -0.1) is 0 Å². The van der Waals surface area contributed by atoms with Gasteiger partial charge in [-0.05, 0) is 50.5 Å². The third-order valence-electron chi connectivity index (χ3n) is 3.81. The normalized spacial score (nSPS) is 24.2. The highest BCUT2D eigenvalue weighted by Gasteiger charge is 2.33. The van der Waals surface area contributed by atoms with Gasteiger partial charge in [0.1, 0.15) is 0 Å². The molecule has 0 spiro atoms. The highest BCUT2D eigenvalue weighted by Crippen LogP contribution is 2.26. The lowest BCUT2D eigenvalue weighted by Crippen LogP contribution is -2.48. The Kier molecular flexibility index (Phi) is 4.72. The molecular weight excluding hydrogens is 290 g/mol. The zero-order valence-corrected chi connectivity index (χ0v) is 13.8. The van der Waals surface area contributed by atoms with E-state index in [-0.39, 0.29) is 23.7 Å². The average molecular weight is 313 g/mol. The minimum absolute atomic E-state index is 0.119. The summed E-state index contributed by atoms with van der Waals surface area (Å²) >= 11 is 0. The summed E-state index contributed by atoms with van der Waals surface area (Å²) in [5, 5.41) is 9.37. The number of morpholine rings is 1. The molecule has 0 saturated carbocycles. The van der Waals surface area contributed by atoms with Gasteiger partial charge in [-0.25, -0.2) is 8.42 Å². The fourth-order valence-electron chi connectivity index (χ4n) is 2.79.